The van der Waals surface area contributed by atoms with Gasteiger partial charge in [-0.15, -0.1) is 0 Å². The number of urea groups is 1. The summed E-state index contributed by atoms with van der Waals surface area (Å²) in [6.45, 7) is 7.02. The Kier molecular flexibility index (Phi) is 7.83. The SMILES string of the molecule is COc1cccc(CN2C(=O)N(CCC(C)C)C3(CCN(Cc4ccc(F)c(OC)c4)CC3)C2=O)c1. The number of likely N-dealkylation sites (tertiary alicyclic amines) is 1. The van der Waals surface area contributed by atoms with E-state index in [1.807, 2.05) is 29.2 Å². The van der Waals surface area contributed by atoms with Crippen molar-refractivity contribution < 1.29 is 23.5 Å². The number of imide groups is 1. The van der Waals surface area contributed by atoms with E-state index in [1.165, 1.54) is 18.1 Å². The molecule has 0 bridgehead atoms. The Bertz CT molecular complexity index is 1100. The monoisotopic (exact) mass is 497 g/mol. The summed E-state index contributed by atoms with van der Waals surface area (Å²) < 4.78 is 24.2. The molecular weight excluding hydrogens is 461 g/mol. The predicted molar refractivity (Wildman–Crippen MR) is 135 cm³/mol. The van der Waals surface area contributed by atoms with Gasteiger partial charge in [0.25, 0.3) is 5.91 Å². The smallest absolute Gasteiger partial charge is 0.327 e. The zero-order chi connectivity index (χ0) is 25.9. The van der Waals surface area contributed by atoms with Gasteiger partial charge in [-0.1, -0.05) is 32.0 Å². The molecule has 36 heavy (non-hydrogen) atoms. The zero-order valence-electron chi connectivity index (χ0n) is 21.6. The number of carbonyl (C=O) groups excluding carboxylic acids is 2. The van der Waals surface area contributed by atoms with E-state index in [9.17, 15) is 14.0 Å². The van der Waals surface area contributed by atoms with Gasteiger partial charge in [-0.2, -0.15) is 0 Å². The number of carbonyl (C=O) groups is 2. The number of benzene rings is 2. The van der Waals surface area contributed by atoms with E-state index in [4.69, 9.17) is 9.47 Å². The van der Waals surface area contributed by atoms with Crippen LogP contribution in [-0.4, -0.2) is 66.0 Å². The van der Waals surface area contributed by atoms with Gasteiger partial charge in [0.05, 0.1) is 20.8 Å². The Hall–Kier alpha value is -3.13. The van der Waals surface area contributed by atoms with Gasteiger partial charge in [0, 0.05) is 26.2 Å². The van der Waals surface area contributed by atoms with Crippen LogP contribution in [0.1, 0.15) is 44.2 Å². The first kappa shape index (κ1) is 25.9. The number of amides is 3. The molecule has 194 valence electrons. The van der Waals surface area contributed by atoms with Crippen molar-refractivity contribution in [3.05, 3.63) is 59.4 Å². The second-order valence-corrected chi connectivity index (χ2v) is 10.1. The second-order valence-electron chi connectivity index (χ2n) is 10.1. The highest BCUT2D eigenvalue weighted by Gasteiger charge is 2.57. The average Bonchev–Trinajstić information content (AvgIpc) is 3.06. The van der Waals surface area contributed by atoms with Crippen LogP contribution >= 0.6 is 0 Å². The molecule has 0 atom stereocenters. The average molecular weight is 498 g/mol. The van der Waals surface area contributed by atoms with Gasteiger partial charge in [0.1, 0.15) is 11.3 Å². The quantitative estimate of drug-likeness (QED) is 0.471. The number of rotatable bonds is 9. The Morgan fingerprint density at radius 3 is 2.36 bits per heavy atom. The van der Waals surface area contributed by atoms with Crippen LogP contribution in [0.5, 0.6) is 11.5 Å². The van der Waals surface area contributed by atoms with Crippen molar-refractivity contribution in [3.8, 4) is 11.5 Å². The van der Waals surface area contributed by atoms with Crippen molar-refractivity contribution in [3.63, 3.8) is 0 Å². The van der Waals surface area contributed by atoms with Crippen LogP contribution in [0.2, 0.25) is 0 Å². The highest BCUT2D eigenvalue weighted by molar-refractivity contribution is 6.07. The molecular formula is C28H36FN3O4. The Balaban J connectivity index is 1.51. The molecule has 0 saturated carbocycles. The lowest BCUT2D eigenvalue weighted by molar-refractivity contribution is -0.136. The molecule has 0 radical (unpaired) electrons. The van der Waals surface area contributed by atoms with Crippen molar-refractivity contribution >= 4 is 11.9 Å². The molecule has 2 aromatic rings. The van der Waals surface area contributed by atoms with Crippen LogP contribution in [0.3, 0.4) is 0 Å². The molecule has 0 unspecified atom stereocenters. The minimum absolute atomic E-state index is 0.109. The summed E-state index contributed by atoms with van der Waals surface area (Å²) in [5.41, 5.74) is 0.996. The van der Waals surface area contributed by atoms with Crippen molar-refractivity contribution in [2.24, 2.45) is 5.92 Å². The molecule has 2 aromatic carbocycles. The van der Waals surface area contributed by atoms with Gasteiger partial charge >= 0.3 is 6.03 Å². The molecule has 0 aromatic heterocycles. The molecule has 4 rings (SSSR count). The normalized spacial score (nSPS) is 17.9. The lowest BCUT2D eigenvalue weighted by atomic mass is 9.85. The van der Waals surface area contributed by atoms with Gasteiger partial charge in [-0.05, 0) is 60.6 Å². The van der Waals surface area contributed by atoms with Crippen LogP contribution in [-0.2, 0) is 17.9 Å². The maximum absolute atomic E-state index is 13.8. The van der Waals surface area contributed by atoms with Crippen molar-refractivity contribution in [2.45, 2.75) is 51.7 Å². The topological polar surface area (TPSA) is 62.3 Å². The molecule has 2 aliphatic heterocycles. The molecule has 2 aliphatic rings. The minimum Gasteiger partial charge on any atom is -0.497 e. The molecule has 7 nitrogen and oxygen atoms in total. The molecule has 2 heterocycles. The number of hydrogen-bond donors (Lipinski definition) is 0. The first-order valence-electron chi connectivity index (χ1n) is 12.6. The first-order valence-corrected chi connectivity index (χ1v) is 12.6. The largest absolute Gasteiger partial charge is 0.497 e. The molecule has 0 aliphatic carbocycles. The maximum atomic E-state index is 13.8. The third-order valence-electron chi connectivity index (χ3n) is 7.33. The summed E-state index contributed by atoms with van der Waals surface area (Å²) in [7, 11) is 3.06. The van der Waals surface area contributed by atoms with E-state index in [0.717, 1.165) is 17.5 Å². The van der Waals surface area contributed by atoms with Crippen LogP contribution < -0.4 is 9.47 Å². The van der Waals surface area contributed by atoms with Crippen LogP contribution in [0.4, 0.5) is 9.18 Å². The van der Waals surface area contributed by atoms with E-state index in [1.54, 1.807) is 19.2 Å². The van der Waals surface area contributed by atoms with E-state index >= 15 is 0 Å². The summed E-state index contributed by atoms with van der Waals surface area (Å²) in [5, 5.41) is 0. The standard InChI is InChI=1S/C28H36FN3O4/c1-20(2)10-13-32-27(34)31(19-21-6-5-7-23(16-21)35-3)26(33)28(32)11-14-30(15-12-28)18-22-8-9-24(29)25(17-22)36-4/h5-9,16-17,20H,10-15,18-19H2,1-4H3. The zero-order valence-corrected chi connectivity index (χ0v) is 21.6. The molecule has 1 spiro atoms. The van der Waals surface area contributed by atoms with Gasteiger partial charge in [-0.3, -0.25) is 14.6 Å². The van der Waals surface area contributed by atoms with Crippen molar-refractivity contribution in [1.82, 2.24) is 14.7 Å². The highest BCUT2D eigenvalue weighted by Crippen LogP contribution is 2.39. The first-order chi connectivity index (χ1) is 17.3. The van der Waals surface area contributed by atoms with Gasteiger partial charge in [0.15, 0.2) is 11.6 Å². The van der Waals surface area contributed by atoms with E-state index in [0.29, 0.717) is 50.7 Å². The fourth-order valence-electron chi connectivity index (χ4n) is 5.20. The predicted octanol–water partition coefficient (Wildman–Crippen LogP) is 4.69. The highest BCUT2D eigenvalue weighted by atomic mass is 19.1. The number of methoxy groups -OCH3 is 2. The third-order valence-corrected chi connectivity index (χ3v) is 7.33. The van der Waals surface area contributed by atoms with Crippen molar-refractivity contribution in [2.75, 3.05) is 33.9 Å². The van der Waals surface area contributed by atoms with Gasteiger partial charge in [0.2, 0.25) is 0 Å². The lowest BCUT2D eigenvalue weighted by Crippen LogP contribution is -2.56. The lowest BCUT2D eigenvalue weighted by Gasteiger charge is -2.42. The summed E-state index contributed by atoms with van der Waals surface area (Å²) in [4.78, 5) is 32.9. The number of piperidine rings is 1. The number of nitrogens with zero attached hydrogens (tertiary/aromatic N) is 3. The summed E-state index contributed by atoms with van der Waals surface area (Å²) in [6, 6.07) is 12.2. The maximum Gasteiger partial charge on any atom is 0.327 e. The van der Waals surface area contributed by atoms with Gasteiger partial charge in [-0.25, -0.2) is 9.18 Å². The Labute approximate surface area is 212 Å². The third kappa shape index (κ3) is 5.19. The summed E-state index contributed by atoms with van der Waals surface area (Å²) >= 11 is 0. The number of ether oxygens (including phenoxy) is 2. The molecule has 2 fully saturated rings. The van der Waals surface area contributed by atoms with Crippen LogP contribution in [0.25, 0.3) is 0 Å². The van der Waals surface area contributed by atoms with E-state index in [-0.39, 0.29) is 30.0 Å². The van der Waals surface area contributed by atoms with Crippen LogP contribution in [0.15, 0.2) is 42.5 Å². The Morgan fingerprint density at radius 1 is 0.972 bits per heavy atom. The molecule has 2 saturated heterocycles. The number of hydrogen-bond acceptors (Lipinski definition) is 5. The van der Waals surface area contributed by atoms with E-state index in [2.05, 4.69) is 18.7 Å². The van der Waals surface area contributed by atoms with Crippen LogP contribution in [0, 0.1) is 11.7 Å². The number of halogens is 1. The summed E-state index contributed by atoms with van der Waals surface area (Å²) in [6.07, 6.45) is 1.98. The van der Waals surface area contributed by atoms with Crippen molar-refractivity contribution in [1.29, 1.82) is 0 Å². The fraction of sp³-hybridized carbons (Fsp3) is 0.500. The van der Waals surface area contributed by atoms with Gasteiger partial charge < -0.3 is 14.4 Å². The fourth-order valence-corrected chi connectivity index (χ4v) is 5.20. The molecule has 3 amide bonds. The van der Waals surface area contributed by atoms with E-state index < -0.39 is 5.54 Å². The second kappa shape index (κ2) is 10.9. The summed E-state index contributed by atoms with van der Waals surface area (Å²) in [5.74, 6) is 0.855. The molecule has 8 heteroatoms. The molecule has 0 N–H and O–H groups in total. The Morgan fingerprint density at radius 2 is 1.69 bits per heavy atom. The minimum atomic E-state index is -0.818.